The zero-order chi connectivity index (χ0) is 18.3. The molecule has 2 aliphatic rings. The van der Waals surface area contributed by atoms with E-state index >= 15 is 0 Å². The average molecular weight is 373 g/mol. The molecule has 0 amide bonds. The third-order valence-corrected chi connectivity index (χ3v) is 6.24. The van der Waals surface area contributed by atoms with Gasteiger partial charge in [-0.05, 0) is 5.92 Å². The van der Waals surface area contributed by atoms with Crippen molar-refractivity contribution in [2.45, 2.75) is 24.5 Å². The van der Waals surface area contributed by atoms with Crippen LogP contribution in [0.25, 0.3) is 0 Å². The molecule has 2 aromatic rings. The standard InChI is InChI=1S/C17H20FN7S/c1-10(2)14-12(18)6-23-16(24-14)25-8-11-5-22-15(19)26-17(11,9-25)13-7-20-3-4-21-13/h3-4,6-7,10-11H,5,8-9H2,1-2H3,(H2,19,22)/t11-,17-/m0/s1. The number of amidine groups is 1. The van der Waals surface area contributed by atoms with Crippen molar-refractivity contribution in [2.24, 2.45) is 16.6 Å². The average Bonchev–Trinajstić information content (AvgIpc) is 3.02. The first-order valence-electron chi connectivity index (χ1n) is 8.52. The number of nitrogens with two attached hydrogens (primary N) is 1. The van der Waals surface area contributed by atoms with Gasteiger partial charge in [0.2, 0.25) is 5.95 Å². The Kier molecular flexibility index (Phi) is 4.26. The van der Waals surface area contributed by atoms with Gasteiger partial charge in [-0.3, -0.25) is 15.0 Å². The SMILES string of the molecule is CC(C)c1nc(N2C[C@@H]3CN=C(N)S[C@@]3(c3cnccn3)C2)ncc1F. The first-order valence-corrected chi connectivity index (χ1v) is 9.34. The fourth-order valence-corrected chi connectivity index (χ4v) is 4.83. The normalized spacial score (nSPS) is 25.3. The van der Waals surface area contributed by atoms with Crippen molar-refractivity contribution in [2.75, 3.05) is 24.5 Å². The molecular formula is C17H20FN7S. The minimum atomic E-state index is -0.369. The largest absolute Gasteiger partial charge is 0.379 e. The Morgan fingerprint density at radius 3 is 2.88 bits per heavy atom. The number of nitrogens with zero attached hydrogens (tertiary/aromatic N) is 6. The van der Waals surface area contributed by atoms with E-state index in [-0.39, 0.29) is 22.4 Å². The number of halogens is 1. The van der Waals surface area contributed by atoms with Crippen molar-refractivity contribution in [1.29, 1.82) is 0 Å². The van der Waals surface area contributed by atoms with E-state index in [1.54, 1.807) is 18.6 Å². The minimum Gasteiger partial charge on any atom is -0.379 e. The molecule has 0 saturated carbocycles. The Hall–Kier alpha value is -2.29. The summed E-state index contributed by atoms with van der Waals surface area (Å²) in [5, 5.41) is 0.552. The Morgan fingerprint density at radius 1 is 1.31 bits per heavy atom. The van der Waals surface area contributed by atoms with Crippen LogP contribution in [-0.2, 0) is 4.75 Å². The molecule has 26 heavy (non-hydrogen) atoms. The first kappa shape index (κ1) is 17.1. The van der Waals surface area contributed by atoms with Crippen LogP contribution in [0.2, 0.25) is 0 Å². The van der Waals surface area contributed by atoms with Gasteiger partial charge in [0.15, 0.2) is 11.0 Å². The van der Waals surface area contributed by atoms with Crippen LogP contribution >= 0.6 is 11.8 Å². The number of hydrogen-bond acceptors (Lipinski definition) is 8. The second-order valence-electron chi connectivity index (χ2n) is 6.90. The lowest BCUT2D eigenvalue weighted by Crippen LogP contribution is -2.40. The van der Waals surface area contributed by atoms with E-state index in [0.717, 1.165) is 5.69 Å². The van der Waals surface area contributed by atoms with Crippen molar-refractivity contribution in [3.63, 3.8) is 0 Å². The summed E-state index contributed by atoms with van der Waals surface area (Å²) in [6.45, 7) is 5.79. The molecular weight excluding hydrogens is 353 g/mol. The van der Waals surface area contributed by atoms with Gasteiger partial charge < -0.3 is 10.6 Å². The molecule has 0 bridgehead atoms. The maximum atomic E-state index is 14.0. The Bertz CT molecular complexity index is 844. The van der Waals surface area contributed by atoms with Gasteiger partial charge in [0.05, 0.1) is 22.3 Å². The maximum Gasteiger partial charge on any atom is 0.225 e. The molecule has 0 unspecified atom stereocenters. The van der Waals surface area contributed by atoms with Crippen LogP contribution in [0.4, 0.5) is 10.3 Å². The molecule has 4 heterocycles. The van der Waals surface area contributed by atoms with E-state index in [9.17, 15) is 4.39 Å². The lowest BCUT2D eigenvalue weighted by molar-refractivity contribution is 0.476. The van der Waals surface area contributed by atoms with Gasteiger partial charge in [-0.2, -0.15) is 0 Å². The monoisotopic (exact) mass is 373 g/mol. The Morgan fingerprint density at radius 2 is 2.15 bits per heavy atom. The third kappa shape index (κ3) is 2.80. The van der Waals surface area contributed by atoms with E-state index < -0.39 is 0 Å². The molecule has 1 fully saturated rings. The van der Waals surface area contributed by atoms with Crippen LogP contribution in [0.3, 0.4) is 0 Å². The fraction of sp³-hybridized carbons (Fsp3) is 0.471. The highest BCUT2D eigenvalue weighted by molar-refractivity contribution is 8.14. The molecule has 2 aromatic heterocycles. The number of rotatable bonds is 3. The van der Waals surface area contributed by atoms with Gasteiger partial charge in [-0.25, -0.2) is 14.4 Å². The number of thioether (sulfide) groups is 1. The molecule has 0 spiro atoms. The molecule has 9 heteroatoms. The highest BCUT2D eigenvalue weighted by Gasteiger charge is 2.52. The molecule has 0 aliphatic carbocycles. The van der Waals surface area contributed by atoms with Crippen molar-refractivity contribution >= 4 is 22.9 Å². The van der Waals surface area contributed by atoms with E-state index in [0.29, 0.717) is 36.4 Å². The van der Waals surface area contributed by atoms with Gasteiger partial charge in [0, 0.05) is 44.1 Å². The predicted octanol–water partition coefficient (Wildman–Crippen LogP) is 1.92. The lowest BCUT2D eigenvalue weighted by Gasteiger charge is -2.34. The summed E-state index contributed by atoms with van der Waals surface area (Å²) < 4.78 is 13.6. The predicted molar refractivity (Wildman–Crippen MR) is 99.6 cm³/mol. The van der Waals surface area contributed by atoms with Gasteiger partial charge in [0.1, 0.15) is 0 Å². The van der Waals surface area contributed by atoms with E-state index in [4.69, 9.17) is 5.73 Å². The van der Waals surface area contributed by atoms with Crippen LogP contribution in [0.1, 0.15) is 31.2 Å². The van der Waals surface area contributed by atoms with Crippen molar-refractivity contribution in [1.82, 2.24) is 19.9 Å². The molecule has 7 nitrogen and oxygen atoms in total. The zero-order valence-corrected chi connectivity index (χ0v) is 15.4. The Balaban J connectivity index is 1.72. The molecule has 2 aliphatic heterocycles. The van der Waals surface area contributed by atoms with Crippen LogP contribution in [0.5, 0.6) is 0 Å². The Labute approximate surface area is 155 Å². The second-order valence-corrected chi connectivity index (χ2v) is 8.25. The fourth-order valence-electron chi connectivity index (χ4n) is 3.57. The highest BCUT2D eigenvalue weighted by Crippen LogP contribution is 2.50. The van der Waals surface area contributed by atoms with Crippen molar-refractivity contribution in [3.8, 4) is 0 Å². The number of aliphatic imine (C=N–C) groups is 1. The molecule has 0 aromatic carbocycles. The lowest BCUT2D eigenvalue weighted by atomic mass is 9.91. The number of aromatic nitrogens is 4. The third-order valence-electron chi connectivity index (χ3n) is 4.87. The highest BCUT2D eigenvalue weighted by atomic mass is 32.2. The number of hydrogen-bond donors (Lipinski definition) is 1. The molecule has 2 atom stereocenters. The second kappa shape index (κ2) is 6.46. The minimum absolute atomic E-state index is 0.0102. The van der Waals surface area contributed by atoms with Crippen LogP contribution in [0.15, 0.2) is 29.8 Å². The summed E-state index contributed by atoms with van der Waals surface area (Å²) >= 11 is 1.52. The van der Waals surface area contributed by atoms with Crippen molar-refractivity contribution < 1.29 is 4.39 Å². The van der Waals surface area contributed by atoms with Gasteiger partial charge >= 0.3 is 0 Å². The van der Waals surface area contributed by atoms with E-state index in [1.807, 2.05) is 13.8 Å². The molecule has 4 rings (SSSR count). The summed E-state index contributed by atoms with van der Waals surface area (Å²) in [6, 6.07) is 0. The van der Waals surface area contributed by atoms with Gasteiger partial charge in [0.25, 0.3) is 0 Å². The maximum absolute atomic E-state index is 14.0. The topological polar surface area (TPSA) is 93.2 Å². The zero-order valence-electron chi connectivity index (χ0n) is 14.6. The summed E-state index contributed by atoms with van der Waals surface area (Å²) in [4.78, 5) is 24.0. The molecule has 1 saturated heterocycles. The summed E-state index contributed by atoms with van der Waals surface area (Å²) in [5.74, 6) is 0.356. The summed E-state index contributed by atoms with van der Waals surface area (Å²) in [5.41, 5.74) is 7.36. The first-order chi connectivity index (χ1) is 12.5. The summed E-state index contributed by atoms with van der Waals surface area (Å²) in [6.07, 6.45) is 6.39. The molecule has 136 valence electrons. The smallest absolute Gasteiger partial charge is 0.225 e. The summed E-state index contributed by atoms with van der Waals surface area (Å²) in [7, 11) is 0. The molecule has 0 radical (unpaired) electrons. The van der Waals surface area contributed by atoms with Crippen LogP contribution in [0, 0.1) is 11.7 Å². The van der Waals surface area contributed by atoms with Crippen molar-refractivity contribution in [3.05, 3.63) is 42.0 Å². The van der Waals surface area contributed by atoms with Gasteiger partial charge in [-0.1, -0.05) is 25.6 Å². The molecule has 2 N–H and O–H groups in total. The van der Waals surface area contributed by atoms with Crippen LogP contribution in [-0.4, -0.2) is 44.7 Å². The number of anilines is 1. The van der Waals surface area contributed by atoms with Crippen LogP contribution < -0.4 is 10.6 Å². The quantitative estimate of drug-likeness (QED) is 0.878. The van der Waals surface area contributed by atoms with E-state index in [1.165, 1.54) is 18.0 Å². The van der Waals surface area contributed by atoms with E-state index in [2.05, 4.69) is 29.8 Å². The number of fused-ring (bicyclic) bond motifs is 1. The van der Waals surface area contributed by atoms with Gasteiger partial charge in [-0.15, -0.1) is 0 Å².